The van der Waals surface area contributed by atoms with E-state index in [4.69, 9.17) is 17.0 Å². The van der Waals surface area contributed by atoms with Crippen molar-refractivity contribution in [1.82, 2.24) is 0 Å². The van der Waals surface area contributed by atoms with E-state index >= 15 is 0 Å². The van der Waals surface area contributed by atoms with Crippen LogP contribution in [-0.4, -0.2) is 0 Å². The fraction of sp³-hybridized carbons (Fsp3) is 0.344. The predicted octanol–water partition coefficient (Wildman–Crippen LogP) is 4.84. The van der Waals surface area contributed by atoms with Gasteiger partial charge in [0, 0.05) is 11.8 Å². The average molecular weight is 747 g/mol. The number of rotatable bonds is 1. The summed E-state index contributed by atoms with van der Waals surface area (Å²) in [5.41, 5.74) is 12.4. The fourth-order valence-electron chi connectivity index (χ4n) is 5.01. The molecule has 3 aliphatic rings. The third kappa shape index (κ3) is 10.2. The maximum Gasteiger partial charge on any atom is 3.00 e. The summed E-state index contributed by atoms with van der Waals surface area (Å²) < 4.78 is 0. The molecule has 0 saturated carbocycles. The van der Waals surface area contributed by atoms with Gasteiger partial charge in [0.05, 0.1) is 0 Å². The second kappa shape index (κ2) is 20.1. The van der Waals surface area contributed by atoms with Gasteiger partial charge in [-0.1, -0.05) is 31.1 Å². The number of benzene rings is 1. The maximum atomic E-state index is 4.93. The summed E-state index contributed by atoms with van der Waals surface area (Å²) >= 11 is -0.826. The van der Waals surface area contributed by atoms with E-state index in [1.165, 1.54) is 33.1 Å². The Morgan fingerprint density at radius 2 is 1.26 bits per heavy atom. The van der Waals surface area contributed by atoms with Gasteiger partial charge in [-0.05, 0) is 75.0 Å². The summed E-state index contributed by atoms with van der Waals surface area (Å²) in [5, 5.41) is 2.66. The zero-order valence-corrected chi connectivity index (χ0v) is 31.6. The van der Waals surface area contributed by atoms with E-state index in [1.54, 1.807) is 22.3 Å². The molecule has 0 aromatic heterocycles. The first-order valence-electron chi connectivity index (χ1n) is 12.2. The number of fused-ring (bicyclic) bond motifs is 1. The van der Waals surface area contributed by atoms with Gasteiger partial charge in [-0.15, -0.1) is 36.1 Å². The molecule has 2 aromatic rings. The Hall–Kier alpha value is 0.196. The van der Waals surface area contributed by atoms with Gasteiger partial charge in [-0.3, -0.25) is 6.08 Å². The molecule has 0 N–H and O–H groups in total. The van der Waals surface area contributed by atoms with Crippen LogP contribution in [0.15, 0.2) is 105 Å². The molecule has 0 aliphatic heterocycles. The van der Waals surface area contributed by atoms with Gasteiger partial charge in [0.25, 0.3) is 0 Å². The van der Waals surface area contributed by atoms with Crippen molar-refractivity contribution in [2.75, 3.05) is 0 Å². The summed E-state index contributed by atoms with van der Waals surface area (Å²) in [4.78, 5) is 0. The molecule has 0 saturated heterocycles. The number of halogens is 4. The van der Waals surface area contributed by atoms with Crippen molar-refractivity contribution in [3.05, 3.63) is 111 Å². The van der Waals surface area contributed by atoms with Crippen LogP contribution in [0.25, 0.3) is 10.8 Å². The zero-order chi connectivity index (χ0) is 26.1. The van der Waals surface area contributed by atoms with E-state index in [-0.39, 0.29) is 51.0 Å². The molecule has 0 heterocycles. The Balaban J connectivity index is 0. The molecule has 3 aliphatic carbocycles. The second-order valence-electron chi connectivity index (χ2n) is 9.37. The molecular formula is C32H38Cl4Zr2-. The van der Waals surface area contributed by atoms with E-state index in [0.29, 0.717) is 11.8 Å². The molecular weight excluding hydrogens is 709 g/mol. The minimum atomic E-state index is -0.826. The molecule has 203 valence electrons. The summed E-state index contributed by atoms with van der Waals surface area (Å²) in [6.45, 7) is 18.5. The van der Waals surface area contributed by atoms with E-state index in [1.807, 2.05) is 12.2 Å². The van der Waals surface area contributed by atoms with Crippen LogP contribution >= 0.6 is 17.0 Å². The Labute approximate surface area is 281 Å². The summed E-state index contributed by atoms with van der Waals surface area (Å²) in [5.74, 6) is 1.19. The topological polar surface area (TPSA) is 0 Å². The Morgan fingerprint density at radius 3 is 1.58 bits per heavy atom. The van der Waals surface area contributed by atoms with Crippen LogP contribution in [0.2, 0.25) is 0 Å². The minimum Gasteiger partial charge on any atom is -0.168 e. The standard InChI is InChI=1S/C18H26.C9H7.C5H5.4ClH.2Zr/c1-9-10(2)14(6)17(13(9)5)18-15(7)11(3)12(4)16(18)8;1-2-5-9-7-3-6-8(9)4-1;1-2-4-5-3-1;;;;;;/h13,15H,1-8H3;1-7H;1-3H,4H2;4*1H;;/q;2*-1;;;;;+2;+3/p-4. The van der Waals surface area contributed by atoms with Crippen molar-refractivity contribution in [2.45, 2.75) is 61.8 Å². The van der Waals surface area contributed by atoms with Gasteiger partial charge in [0.1, 0.15) is 0 Å². The predicted molar refractivity (Wildman–Crippen MR) is 153 cm³/mol. The van der Waals surface area contributed by atoms with Crippen LogP contribution < -0.4 is 24.8 Å². The summed E-state index contributed by atoms with van der Waals surface area (Å²) in [7, 11) is 9.87. The largest absolute Gasteiger partial charge is 3.00 e. The zero-order valence-electron chi connectivity index (χ0n) is 23.6. The normalized spacial score (nSPS) is 19.0. The molecule has 6 heteroatoms. The molecule has 2 aromatic carbocycles. The average Bonchev–Trinajstić information content (AvgIpc) is 3.64. The van der Waals surface area contributed by atoms with Gasteiger partial charge < -0.3 is 24.8 Å². The first-order valence-corrected chi connectivity index (χ1v) is 18.6. The molecule has 2 unspecified atom stereocenters. The first-order chi connectivity index (χ1) is 16.7. The van der Waals surface area contributed by atoms with Crippen molar-refractivity contribution in [3.8, 4) is 0 Å². The molecule has 2 atom stereocenters. The van der Waals surface area contributed by atoms with Crippen LogP contribution in [0.1, 0.15) is 61.8 Å². The van der Waals surface area contributed by atoms with E-state index < -0.39 is 20.8 Å². The molecule has 5 rings (SSSR count). The van der Waals surface area contributed by atoms with Gasteiger partial charge in [-0.25, -0.2) is 12.2 Å². The summed E-state index contributed by atoms with van der Waals surface area (Å²) in [6.07, 6.45) is 10.0. The molecule has 0 amide bonds. The number of hydrogen-bond acceptors (Lipinski definition) is 0. The monoisotopic (exact) mass is 742 g/mol. The van der Waals surface area contributed by atoms with Crippen molar-refractivity contribution in [2.24, 2.45) is 11.8 Å². The second-order valence-corrected chi connectivity index (χ2v) is 13.1. The molecule has 38 heavy (non-hydrogen) atoms. The van der Waals surface area contributed by atoms with Crippen molar-refractivity contribution in [3.63, 3.8) is 0 Å². The number of allylic oxidation sites excluding steroid dienone is 12. The van der Waals surface area contributed by atoms with E-state index in [2.05, 4.69) is 110 Å². The van der Waals surface area contributed by atoms with Crippen molar-refractivity contribution in [1.29, 1.82) is 0 Å². The van der Waals surface area contributed by atoms with Crippen LogP contribution in [0.5, 0.6) is 0 Å². The Kier molecular flexibility index (Phi) is 21.4. The minimum absolute atomic E-state index is 0. The quantitative estimate of drug-likeness (QED) is 0.367. The Morgan fingerprint density at radius 1 is 0.789 bits per heavy atom. The van der Waals surface area contributed by atoms with E-state index in [9.17, 15) is 0 Å². The molecule has 0 fully saturated rings. The molecule has 0 bridgehead atoms. The third-order valence-corrected chi connectivity index (χ3v) is 7.70. The smallest absolute Gasteiger partial charge is 0.168 e. The third-order valence-electron chi connectivity index (χ3n) is 7.70. The molecule has 1 radical (unpaired) electrons. The first kappa shape index (κ1) is 40.3. The Bertz CT molecular complexity index is 1120. The molecule has 0 spiro atoms. The van der Waals surface area contributed by atoms with Crippen LogP contribution in [0, 0.1) is 17.9 Å². The number of hydrogen-bond donors (Lipinski definition) is 0. The van der Waals surface area contributed by atoms with Gasteiger partial charge in [0.15, 0.2) is 0 Å². The van der Waals surface area contributed by atoms with Crippen LogP contribution in [0.3, 0.4) is 0 Å². The summed E-state index contributed by atoms with van der Waals surface area (Å²) in [6, 6.07) is 14.7. The van der Waals surface area contributed by atoms with Gasteiger partial charge in [-0.2, -0.15) is 23.6 Å². The van der Waals surface area contributed by atoms with Gasteiger partial charge >= 0.3 is 64.1 Å². The maximum absolute atomic E-state index is 4.93. The fourth-order valence-corrected chi connectivity index (χ4v) is 5.01. The van der Waals surface area contributed by atoms with Crippen LogP contribution in [0.4, 0.5) is 0 Å². The van der Waals surface area contributed by atoms with Crippen molar-refractivity contribution < 1.29 is 71.9 Å². The van der Waals surface area contributed by atoms with Crippen LogP contribution in [-0.2, 0) is 47.1 Å². The SMILES string of the molecule is CC1=C(C)C(C)C(C2=C(C)C(C)=C(C)C2C)=C1C.[C-]1=CC=CC1.[Cl-].[Cl-].[Cl][Zr][Cl].[Zr+3].c1ccc2[cH-]ccc2c1. The van der Waals surface area contributed by atoms with Gasteiger partial charge in [0.2, 0.25) is 0 Å². The van der Waals surface area contributed by atoms with Crippen molar-refractivity contribution >= 4 is 27.8 Å². The molecule has 0 nitrogen and oxygen atoms in total. The van der Waals surface area contributed by atoms with E-state index in [0.717, 1.165) is 6.42 Å².